The van der Waals surface area contributed by atoms with Gasteiger partial charge in [0.1, 0.15) is 9.84 Å². The first kappa shape index (κ1) is 16.0. The van der Waals surface area contributed by atoms with Gasteiger partial charge in [0, 0.05) is 21.3 Å². The molecule has 1 rings (SSSR count). The van der Waals surface area contributed by atoms with Crippen LogP contribution in [-0.4, -0.2) is 19.9 Å². The molecule has 0 bridgehead atoms. The summed E-state index contributed by atoms with van der Waals surface area (Å²) in [5, 5.41) is 0.615. The molecular formula is C12H17BrClNO2S. The van der Waals surface area contributed by atoms with Crippen LogP contribution in [0.25, 0.3) is 0 Å². The lowest BCUT2D eigenvalue weighted by atomic mass is 10.0. The van der Waals surface area contributed by atoms with E-state index in [1.54, 1.807) is 13.0 Å². The maximum atomic E-state index is 11.4. The zero-order valence-electron chi connectivity index (χ0n) is 10.2. The fourth-order valence-electron chi connectivity index (χ4n) is 1.62. The van der Waals surface area contributed by atoms with E-state index in [0.717, 1.165) is 10.0 Å². The molecule has 1 aromatic rings. The number of hydrogen-bond acceptors (Lipinski definition) is 3. The summed E-state index contributed by atoms with van der Waals surface area (Å²) in [6.07, 6.45) is 1.16. The van der Waals surface area contributed by atoms with Crippen molar-refractivity contribution in [3.8, 4) is 0 Å². The fourth-order valence-corrected chi connectivity index (χ4v) is 3.15. The van der Waals surface area contributed by atoms with Crippen LogP contribution in [0.3, 0.4) is 0 Å². The standard InChI is InChI=1S/C12H17BrClNO2S/c1-2-18(16,17)7-3-4-12(15)10-8-9(13)5-6-11(10)14/h5-6,8,12H,2-4,7,15H2,1H3. The lowest BCUT2D eigenvalue weighted by Gasteiger charge is -2.14. The normalized spacial score (nSPS) is 13.6. The zero-order chi connectivity index (χ0) is 13.8. The first-order chi connectivity index (χ1) is 8.35. The Labute approximate surface area is 122 Å². The van der Waals surface area contributed by atoms with Crippen molar-refractivity contribution in [2.75, 3.05) is 11.5 Å². The maximum Gasteiger partial charge on any atom is 0.150 e. The first-order valence-corrected chi connectivity index (χ1v) is 8.76. The Bertz CT molecular complexity index is 505. The van der Waals surface area contributed by atoms with E-state index in [1.165, 1.54) is 0 Å². The van der Waals surface area contributed by atoms with E-state index in [1.807, 2.05) is 12.1 Å². The van der Waals surface area contributed by atoms with Crippen molar-refractivity contribution >= 4 is 37.4 Å². The Balaban J connectivity index is 2.61. The first-order valence-electron chi connectivity index (χ1n) is 5.76. The van der Waals surface area contributed by atoms with Gasteiger partial charge in [-0.25, -0.2) is 8.42 Å². The Hall–Kier alpha value is -0.100. The minimum Gasteiger partial charge on any atom is -0.324 e. The second-order valence-electron chi connectivity index (χ2n) is 4.15. The quantitative estimate of drug-likeness (QED) is 0.852. The highest BCUT2D eigenvalue weighted by atomic mass is 79.9. The predicted molar refractivity (Wildman–Crippen MR) is 79.6 cm³/mol. The predicted octanol–water partition coefficient (Wildman–Crippen LogP) is 3.32. The van der Waals surface area contributed by atoms with Gasteiger partial charge < -0.3 is 5.73 Å². The molecule has 102 valence electrons. The van der Waals surface area contributed by atoms with Crippen molar-refractivity contribution in [2.24, 2.45) is 5.73 Å². The molecule has 1 atom stereocenters. The lowest BCUT2D eigenvalue weighted by molar-refractivity contribution is 0.584. The number of benzene rings is 1. The van der Waals surface area contributed by atoms with Crippen molar-refractivity contribution in [3.63, 3.8) is 0 Å². The van der Waals surface area contributed by atoms with Crippen LogP contribution < -0.4 is 5.73 Å². The molecule has 0 aliphatic heterocycles. The zero-order valence-corrected chi connectivity index (χ0v) is 13.4. The number of halogens is 2. The van der Waals surface area contributed by atoms with Gasteiger partial charge in [0.15, 0.2) is 0 Å². The van der Waals surface area contributed by atoms with Gasteiger partial charge in [-0.05, 0) is 36.6 Å². The molecule has 0 fully saturated rings. The number of sulfone groups is 1. The highest BCUT2D eigenvalue weighted by molar-refractivity contribution is 9.10. The van der Waals surface area contributed by atoms with E-state index in [4.69, 9.17) is 17.3 Å². The molecule has 0 saturated heterocycles. The minimum atomic E-state index is -2.91. The molecule has 6 heteroatoms. The SMILES string of the molecule is CCS(=O)(=O)CCCC(N)c1cc(Br)ccc1Cl. The average Bonchev–Trinajstić information content (AvgIpc) is 2.32. The summed E-state index contributed by atoms with van der Waals surface area (Å²) in [6, 6.07) is 5.27. The average molecular weight is 355 g/mol. The van der Waals surface area contributed by atoms with E-state index < -0.39 is 9.84 Å². The van der Waals surface area contributed by atoms with E-state index in [9.17, 15) is 8.42 Å². The molecule has 0 radical (unpaired) electrons. The molecule has 18 heavy (non-hydrogen) atoms. The summed E-state index contributed by atoms with van der Waals surface area (Å²) in [7, 11) is -2.91. The molecule has 2 N–H and O–H groups in total. The molecule has 1 unspecified atom stereocenters. The Morgan fingerprint density at radius 2 is 2.11 bits per heavy atom. The third-order valence-electron chi connectivity index (χ3n) is 2.77. The number of nitrogens with two attached hydrogens (primary N) is 1. The second kappa shape index (κ2) is 6.89. The smallest absolute Gasteiger partial charge is 0.150 e. The molecular weight excluding hydrogens is 338 g/mol. The molecule has 0 saturated carbocycles. The van der Waals surface area contributed by atoms with Gasteiger partial charge in [-0.1, -0.05) is 34.5 Å². The van der Waals surface area contributed by atoms with E-state index in [2.05, 4.69) is 15.9 Å². The van der Waals surface area contributed by atoms with Gasteiger partial charge in [-0.2, -0.15) is 0 Å². The summed E-state index contributed by atoms with van der Waals surface area (Å²) in [4.78, 5) is 0. The Morgan fingerprint density at radius 3 is 2.72 bits per heavy atom. The lowest BCUT2D eigenvalue weighted by Crippen LogP contribution is -2.14. The van der Waals surface area contributed by atoms with Crippen LogP contribution in [0.4, 0.5) is 0 Å². The van der Waals surface area contributed by atoms with Crippen LogP contribution in [0, 0.1) is 0 Å². The van der Waals surface area contributed by atoms with Gasteiger partial charge in [-0.15, -0.1) is 0 Å². The summed E-state index contributed by atoms with van der Waals surface area (Å²) >= 11 is 9.43. The van der Waals surface area contributed by atoms with Crippen molar-refractivity contribution in [1.29, 1.82) is 0 Å². The van der Waals surface area contributed by atoms with Crippen LogP contribution in [0.1, 0.15) is 31.4 Å². The van der Waals surface area contributed by atoms with Gasteiger partial charge >= 0.3 is 0 Å². The number of rotatable bonds is 6. The van der Waals surface area contributed by atoms with Crippen molar-refractivity contribution in [2.45, 2.75) is 25.8 Å². The van der Waals surface area contributed by atoms with Crippen LogP contribution >= 0.6 is 27.5 Å². The summed E-state index contributed by atoms with van der Waals surface area (Å²) in [5.41, 5.74) is 6.88. The highest BCUT2D eigenvalue weighted by Crippen LogP contribution is 2.27. The highest BCUT2D eigenvalue weighted by Gasteiger charge is 2.13. The maximum absolute atomic E-state index is 11.4. The molecule has 0 heterocycles. The summed E-state index contributed by atoms with van der Waals surface area (Å²) in [6.45, 7) is 1.65. The van der Waals surface area contributed by atoms with Gasteiger partial charge in [0.2, 0.25) is 0 Å². The van der Waals surface area contributed by atoms with Gasteiger partial charge in [-0.3, -0.25) is 0 Å². The third-order valence-corrected chi connectivity index (χ3v) is 5.40. The minimum absolute atomic E-state index is 0.180. The van der Waals surface area contributed by atoms with Gasteiger partial charge in [0.25, 0.3) is 0 Å². The van der Waals surface area contributed by atoms with Crippen LogP contribution in [0.15, 0.2) is 22.7 Å². The summed E-state index contributed by atoms with van der Waals surface area (Å²) in [5.74, 6) is 0.364. The molecule has 3 nitrogen and oxygen atoms in total. The van der Waals surface area contributed by atoms with Gasteiger partial charge in [0.05, 0.1) is 5.75 Å². The monoisotopic (exact) mass is 353 g/mol. The topological polar surface area (TPSA) is 60.2 Å². The summed E-state index contributed by atoms with van der Waals surface area (Å²) < 4.78 is 23.6. The number of hydrogen-bond donors (Lipinski definition) is 1. The molecule has 0 spiro atoms. The fraction of sp³-hybridized carbons (Fsp3) is 0.500. The van der Waals surface area contributed by atoms with Crippen molar-refractivity contribution in [3.05, 3.63) is 33.3 Å². The van der Waals surface area contributed by atoms with E-state index in [-0.39, 0.29) is 17.5 Å². The van der Waals surface area contributed by atoms with Crippen molar-refractivity contribution in [1.82, 2.24) is 0 Å². The third kappa shape index (κ3) is 4.88. The Morgan fingerprint density at radius 1 is 1.44 bits per heavy atom. The largest absolute Gasteiger partial charge is 0.324 e. The molecule has 1 aromatic carbocycles. The molecule has 0 aliphatic rings. The molecule has 0 aromatic heterocycles. The van der Waals surface area contributed by atoms with Crippen LogP contribution in [0.2, 0.25) is 5.02 Å². The Kier molecular flexibility index (Phi) is 6.11. The van der Waals surface area contributed by atoms with Crippen molar-refractivity contribution < 1.29 is 8.42 Å². The molecule has 0 amide bonds. The van der Waals surface area contributed by atoms with Crippen LogP contribution in [0.5, 0.6) is 0 Å². The molecule has 0 aliphatic carbocycles. The second-order valence-corrected chi connectivity index (χ2v) is 7.95. The van der Waals surface area contributed by atoms with E-state index in [0.29, 0.717) is 17.9 Å². The van der Waals surface area contributed by atoms with Crippen LogP contribution in [-0.2, 0) is 9.84 Å². The van der Waals surface area contributed by atoms with E-state index >= 15 is 0 Å².